The van der Waals surface area contributed by atoms with E-state index in [-0.39, 0.29) is 10.6 Å². The van der Waals surface area contributed by atoms with Crippen LogP contribution in [-0.4, -0.2) is 23.0 Å². The fourth-order valence-electron chi connectivity index (χ4n) is 1.34. The van der Waals surface area contributed by atoms with E-state index in [1.165, 1.54) is 6.07 Å². The molecule has 5 heteroatoms. The van der Waals surface area contributed by atoms with Crippen molar-refractivity contribution in [2.24, 2.45) is 0 Å². The summed E-state index contributed by atoms with van der Waals surface area (Å²) in [5, 5.41) is 13.9. The van der Waals surface area contributed by atoms with Crippen molar-refractivity contribution < 1.29 is 4.92 Å². The average molecular weight is 250 g/mol. The van der Waals surface area contributed by atoms with Crippen molar-refractivity contribution in [2.75, 3.05) is 23.4 Å². The van der Waals surface area contributed by atoms with E-state index in [1.54, 1.807) is 23.9 Å². The first kappa shape index (κ1) is 13.4. The first-order valence-corrected chi connectivity index (χ1v) is 6.30. The number of nitrogens with zero attached hydrogens (tertiary/aromatic N) is 1. The lowest BCUT2D eigenvalue weighted by molar-refractivity contribution is -0.384. The summed E-state index contributed by atoms with van der Waals surface area (Å²) in [7, 11) is 0. The number of terminal acetylenes is 1. The van der Waals surface area contributed by atoms with Crippen molar-refractivity contribution in [3.63, 3.8) is 0 Å². The Hall–Kier alpha value is -1.67. The molecule has 1 aromatic carbocycles. The molecule has 0 saturated carbocycles. The summed E-state index contributed by atoms with van der Waals surface area (Å²) in [6.07, 6.45) is 5.13. The smallest absolute Gasteiger partial charge is 0.292 e. The third kappa shape index (κ3) is 4.37. The van der Waals surface area contributed by atoms with Crippen LogP contribution < -0.4 is 5.32 Å². The molecule has 0 amide bonds. The van der Waals surface area contributed by atoms with Gasteiger partial charge in [-0.3, -0.25) is 10.1 Å². The number of thioether (sulfide) groups is 1. The first-order valence-electron chi connectivity index (χ1n) is 5.15. The number of rotatable bonds is 6. The number of anilines is 1. The van der Waals surface area contributed by atoms with E-state index in [2.05, 4.69) is 11.2 Å². The highest BCUT2D eigenvalue weighted by atomic mass is 32.2. The van der Waals surface area contributed by atoms with Crippen LogP contribution in [0.15, 0.2) is 18.2 Å². The third-order valence-corrected chi connectivity index (χ3v) is 2.96. The zero-order chi connectivity index (χ0) is 12.7. The molecular formula is C12H14N2O2S. The molecule has 0 aliphatic rings. The van der Waals surface area contributed by atoms with Crippen LogP contribution in [0.5, 0.6) is 0 Å². The number of nitrogens with one attached hydrogen (secondary N) is 1. The van der Waals surface area contributed by atoms with Gasteiger partial charge in [0.15, 0.2) is 0 Å². The molecular weight excluding hydrogens is 236 g/mol. The molecule has 0 fully saturated rings. The summed E-state index contributed by atoms with van der Waals surface area (Å²) in [6, 6.07) is 5.03. The SMILES string of the molecule is C#CCSCCNc1cc(C)ccc1[N+](=O)[O-]. The molecule has 1 aromatic rings. The van der Waals surface area contributed by atoms with Gasteiger partial charge in [-0.15, -0.1) is 18.2 Å². The second kappa shape index (κ2) is 6.81. The van der Waals surface area contributed by atoms with Crippen LogP contribution in [0.1, 0.15) is 5.56 Å². The Labute approximate surface area is 105 Å². The van der Waals surface area contributed by atoms with E-state index < -0.39 is 0 Å². The monoisotopic (exact) mass is 250 g/mol. The maximum absolute atomic E-state index is 10.8. The quantitative estimate of drug-likeness (QED) is 0.365. The van der Waals surface area contributed by atoms with Crippen LogP contribution >= 0.6 is 11.8 Å². The molecule has 0 radical (unpaired) electrons. The summed E-state index contributed by atoms with van der Waals surface area (Å²) in [5.74, 6) is 4.02. The molecule has 4 nitrogen and oxygen atoms in total. The molecule has 1 N–H and O–H groups in total. The molecule has 0 unspecified atom stereocenters. The van der Waals surface area contributed by atoms with Crippen molar-refractivity contribution in [3.8, 4) is 12.3 Å². The summed E-state index contributed by atoms with van der Waals surface area (Å²) in [4.78, 5) is 10.4. The number of hydrogen-bond donors (Lipinski definition) is 1. The lowest BCUT2D eigenvalue weighted by Crippen LogP contribution is -2.06. The van der Waals surface area contributed by atoms with Gasteiger partial charge in [-0.05, 0) is 18.6 Å². The average Bonchev–Trinajstić information content (AvgIpc) is 2.28. The van der Waals surface area contributed by atoms with Crippen LogP contribution in [0.25, 0.3) is 0 Å². The summed E-state index contributed by atoms with van der Waals surface area (Å²) in [6.45, 7) is 2.57. The van der Waals surface area contributed by atoms with Gasteiger partial charge in [0.2, 0.25) is 0 Å². The molecule has 17 heavy (non-hydrogen) atoms. The van der Waals surface area contributed by atoms with Crippen LogP contribution in [-0.2, 0) is 0 Å². The standard InChI is InChI=1S/C12H14N2O2S/c1-3-7-17-8-6-13-11-9-10(2)4-5-12(11)14(15)16/h1,4-5,9,13H,6-8H2,2H3. The second-order valence-electron chi connectivity index (χ2n) is 3.46. The van der Waals surface area contributed by atoms with Gasteiger partial charge in [0.25, 0.3) is 5.69 Å². The minimum Gasteiger partial charge on any atom is -0.379 e. The molecule has 0 spiro atoms. The summed E-state index contributed by atoms with van der Waals surface area (Å²) < 4.78 is 0. The molecule has 0 bridgehead atoms. The zero-order valence-electron chi connectivity index (χ0n) is 9.60. The van der Waals surface area contributed by atoms with E-state index in [1.807, 2.05) is 6.92 Å². The van der Waals surface area contributed by atoms with Crippen LogP contribution in [0.2, 0.25) is 0 Å². The van der Waals surface area contributed by atoms with E-state index in [0.29, 0.717) is 18.0 Å². The van der Waals surface area contributed by atoms with Crippen molar-refractivity contribution in [1.82, 2.24) is 0 Å². The zero-order valence-corrected chi connectivity index (χ0v) is 10.4. The van der Waals surface area contributed by atoms with Gasteiger partial charge in [0, 0.05) is 18.4 Å². The third-order valence-electron chi connectivity index (χ3n) is 2.10. The lowest BCUT2D eigenvalue weighted by Gasteiger charge is -2.07. The normalized spacial score (nSPS) is 9.65. The van der Waals surface area contributed by atoms with Crippen molar-refractivity contribution >= 4 is 23.1 Å². The maximum atomic E-state index is 10.8. The van der Waals surface area contributed by atoms with Crippen molar-refractivity contribution in [3.05, 3.63) is 33.9 Å². The Morgan fingerprint density at radius 2 is 2.35 bits per heavy atom. The van der Waals surface area contributed by atoms with Gasteiger partial charge in [-0.1, -0.05) is 12.0 Å². The Balaban J connectivity index is 2.60. The topological polar surface area (TPSA) is 55.2 Å². The van der Waals surface area contributed by atoms with Crippen LogP contribution in [0.3, 0.4) is 0 Å². The molecule has 0 aromatic heterocycles. The number of nitro benzene ring substituents is 1. The molecule has 0 atom stereocenters. The van der Waals surface area contributed by atoms with Gasteiger partial charge in [-0.2, -0.15) is 0 Å². The van der Waals surface area contributed by atoms with Crippen molar-refractivity contribution in [2.45, 2.75) is 6.92 Å². The van der Waals surface area contributed by atoms with Gasteiger partial charge in [0.1, 0.15) is 5.69 Å². The second-order valence-corrected chi connectivity index (χ2v) is 4.57. The first-order chi connectivity index (χ1) is 8.15. The lowest BCUT2D eigenvalue weighted by atomic mass is 10.2. The number of aryl methyl sites for hydroxylation is 1. The van der Waals surface area contributed by atoms with E-state index >= 15 is 0 Å². The molecule has 90 valence electrons. The van der Waals surface area contributed by atoms with Crippen LogP contribution in [0.4, 0.5) is 11.4 Å². The Morgan fingerprint density at radius 3 is 3.00 bits per heavy atom. The van der Waals surface area contributed by atoms with E-state index in [0.717, 1.165) is 11.3 Å². The predicted octanol–water partition coefficient (Wildman–Crippen LogP) is 2.68. The van der Waals surface area contributed by atoms with Gasteiger partial charge in [-0.25, -0.2) is 0 Å². The highest BCUT2D eigenvalue weighted by molar-refractivity contribution is 7.99. The van der Waals surface area contributed by atoms with E-state index in [9.17, 15) is 10.1 Å². The highest BCUT2D eigenvalue weighted by Gasteiger charge is 2.12. The van der Waals surface area contributed by atoms with E-state index in [4.69, 9.17) is 6.42 Å². The fraction of sp³-hybridized carbons (Fsp3) is 0.333. The highest BCUT2D eigenvalue weighted by Crippen LogP contribution is 2.24. The largest absolute Gasteiger partial charge is 0.379 e. The van der Waals surface area contributed by atoms with Crippen molar-refractivity contribution in [1.29, 1.82) is 0 Å². The Morgan fingerprint density at radius 1 is 1.59 bits per heavy atom. The van der Waals surface area contributed by atoms with Gasteiger partial charge in [0.05, 0.1) is 10.7 Å². The summed E-state index contributed by atoms with van der Waals surface area (Å²) >= 11 is 1.62. The fourth-order valence-corrected chi connectivity index (χ4v) is 1.85. The Kier molecular flexibility index (Phi) is 5.37. The number of nitro groups is 1. The van der Waals surface area contributed by atoms with Gasteiger partial charge < -0.3 is 5.32 Å². The minimum atomic E-state index is -0.379. The molecule has 1 rings (SSSR count). The molecule has 0 heterocycles. The molecule has 0 aliphatic carbocycles. The minimum absolute atomic E-state index is 0.109. The molecule has 0 aliphatic heterocycles. The maximum Gasteiger partial charge on any atom is 0.292 e. The Bertz CT molecular complexity index is 441. The summed E-state index contributed by atoms with van der Waals surface area (Å²) in [5.41, 5.74) is 1.67. The number of benzene rings is 1. The predicted molar refractivity (Wildman–Crippen MR) is 72.5 cm³/mol. The number of hydrogen-bond acceptors (Lipinski definition) is 4. The van der Waals surface area contributed by atoms with Gasteiger partial charge >= 0.3 is 0 Å². The van der Waals surface area contributed by atoms with Crippen LogP contribution in [0, 0.1) is 29.4 Å². The molecule has 0 saturated heterocycles.